The summed E-state index contributed by atoms with van der Waals surface area (Å²) in [6.45, 7) is 0. The molecule has 1 N–H and O–H groups in total. The van der Waals surface area contributed by atoms with Crippen LogP contribution in [-0.4, -0.2) is 12.0 Å². The van der Waals surface area contributed by atoms with Gasteiger partial charge in [0.2, 0.25) is 0 Å². The van der Waals surface area contributed by atoms with E-state index in [0.29, 0.717) is 17.7 Å². The summed E-state index contributed by atoms with van der Waals surface area (Å²) in [7, 11) is 1.69. The molecule has 2 rings (SSSR count). The summed E-state index contributed by atoms with van der Waals surface area (Å²) in [6, 6.07) is 8.93. The fraction of sp³-hybridized carbons (Fsp3) is 0.231. The lowest BCUT2D eigenvalue weighted by Crippen LogP contribution is -2.18. The van der Waals surface area contributed by atoms with Crippen molar-refractivity contribution in [1.82, 2.24) is 5.32 Å². The number of benzene rings is 1. The van der Waals surface area contributed by atoms with Gasteiger partial charge in [0.15, 0.2) is 0 Å². The second kappa shape index (κ2) is 5.62. The van der Waals surface area contributed by atoms with Crippen LogP contribution in [0.3, 0.4) is 0 Å². The quantitative estimate of drug-likeness (QED) is 0.666. The van der Waals surface area contributed by atoms with Crippen LogP contribution in [0.1, 0.15) is 17.4 Å². The van der Waals surface area contributed by atoms with Gasteiger partial charge in [0.1, 0.15) is 16.5 Å². The predicted octanol–water partition coefficient (Wildman–Crippen LogP) is 2.83. The summed E-state index contributed by atoms with van der Waals surface area (Å²) in [4.78, 5) is 9.97. The molecule has 100 valence electrons. The molecule has 0 spiro atoms. The van der Waals surface area contributed by atoms with E-state index in [0.717, 1.165) is 0 Å². The van der Waals surface area contributed by atoms with Crippen LogP contribution in [0.4, 0.5) is 10.3 Å². The zero-order chi connectivity index (χ0) is 13.8. The molecule has 0 aliphatic heterocycles. The Kier molecular flexibility index (Phi) is 3.91. The normalized spacial score (nSPS) is 12.3. The SMILES string of the molecule is CNC(Cc1ccccc1F)c1ccc([N+](=O)[O-])o1. The lowest BCUT2D eigenvalue weighted by molar-refractivity contribution is -0.402. The van der Waals surface area contributed by atoms with E-state index in [4.69, 9.17) is 4.42 Å². The summed E-state index contributed by atoms with van der Waals surface area (Å²) in [5.74, 6) is -0.204. The van der Waals surface area contributed by atoms with Gasteiger partial charge >= 0.3 is 5.88 Å². The van der Waals surface area contributed by atoms with E-state index in [1.165, 1.54) is 18.2 Å². The summed E-state index contributed by atoms with van der Waals surface area (Å²) in [5.41, 5.74) is 0.529. The summed E-state index contributed by atoms with van der Waals surface area (Å²) in [5, 5.41) is 13.5. The van der Waals surface area contributed by atoms with Crippen LogP contribution >= 0.6 is 0 Å². The van der Waals surface area contributed by atoms with Crippen molar-refractivity contribution < 1.29 is 13.7 Å². The minimum Gasteiger partial charge on any atom is -0.404 e. The lowest BCUT2D eigenvalue weighted by atomic mass is 10.0. The summed E-state index contributed by atoms with van der Waals surface area (Å²) in [6.07, 6.45) is 0.355. The molecule has 0 saturated heterocycles. The molecule has 0 bridgehead atoms. The number of rotatable bonds is 5. The van der Waals surface area contributed by atoms with Crippen molar-refractivity contribution in [3.8, 4) is 0 Å². The molecule has 19 heavy (non-hydrogen) atoms. The number of nitrogens with zero attached hydrogens (tertiary/aromatic N) is 1. The number of hydrogen-bond donors (Lipinski definition) is 1. The molecular weight excluding hydrogens is 251 g/mol. The van der Waals surface area contributed by atoms with Crippen molar-refractivity contribution >= 4 is 5.88 Å². The zero-order valence-electron chi connectivity index (χ0n) is 10.3. The zero-order valence-corrected chi connectivity index (χ0v) is 10.3. The van der Waals surface area contributed by atoms with Gasteiger partial charge in [-0.25, -0.2) is 4.39 Å². The number of hydrogen-bond acceptors (Lipinski definition) is 4. The smallest absolute Gasteiger partial charge is 0.404 e. The van der Waals surface area contributed by atoms with Gasteiger partial charge in [-0.05, 0) is 31.2 Å². The first-order valence-electron chi connectivity index (χ1n) is 5.76. The Morgan fingerprint density at radius 2 is 2.11 bits per heavy atom. The number of nitrogens with one attached hydrogen (secondary N) is 1. The maximum Gasteiger partial charge on any atom is 0.433 e. The first kappa shape index (κ1) is 13.2. The van der Waals surface area contributed by atoms with Gasteiger partial charge in [-0.3, -0.25) is 10.1 Å². The minimum atomic E-state index is -0.598. The Morgan fingerprint density at radius 1 is 1.37 bits per heavy atom. The molecule has 5 nitrogen and oxygen atoms in total. The number of halogens is 1. The highest BCUT2D eigenvalue weighted by Crippen LogP contribution is 2.24. The van der Waals surface area contributed by atoms with E-state index in [-0.39, 0.29) is 17.7 Å². The lowest BCUT2D eigenvalue weighted by Gasteiger charge is -2.13. The van der Waals surface area contributed by atoms with Gasteiger partial charge in [0.25, 0.3) is 0 Å². The Morgan fingerprint density at radius 3 is 2.68 bits per heavy atom. The van der Waals surface area contributed by atoms with E-state index >= 15 is 0 Å². The number of nitro groups is 1. The molecular formula is C13H13FN2O3. The van der Waals surface area contributed by atoms with Gasteiger partial charge < -0.3 is 9.73 Å². The topological polar surface area (TPSA) is 68.3 Å². The van der Waals surface area contributed by atoms with Crippen molar-refractivity contribution in [2.75, 3.05) is 7.05 Å². The Labute approximate surface area is 109 Å². The fourth-order valence-corrected chi connectivity index (χ4v) is 1.86. The molecule has 6 heteroatoms. The standard InChI is InChI=1S/C13H13FN2O3/c1-15-11(8-9-4-2-3-5-10(9)14)12-6-7-13(19-12)16(17)18/h2-7,11,15H,8H2,1H3. The Balaban J connectivity index is 2.20. The molecule has 1 atom stereocenters. The second-order valence-electron chi connectivity index (χ2n) is 4.07. The van der Waals surface area contributed by atoms with Gasteiger partial charge in [-0.1, -0.05) is 18.2 Å². The Hall–Kier alpha value is -2.21. The first-order valence-corrected chi connectivity index (χ1v) is 5.76. The van der Waals surface area contributed by atoms with E-state index in [2.05, 4.69) is 5.32 Å². The van der Waals surface area contributed by atoms with Gasteiger partial charge in [-0.2, -0.15) is 0 Å². The monoisotopic (exact) mass is 264 g/mol. The van der Waals surface area contributed by atoms with Crippen molar-refractivity contribution in [3.05, 3.63) is 63.7 Å². The number of furan rings is 1. The van der Waals surface area contributed by atoms with Crippen LogP contribution in [-0.2, 0) is 6.42 Å². The minimum absolute atomic E-state index is 0.302. The van der Waals surface area contributed by atoms with E-state index < -0.39 is 4.92 Å². The molecule has 0 saturated carbocycles. The summed E-state index contributed by atoms with van der Waals surface area (Å²) < 4.78 is 18.7. The third-order valence-electron chi connectivity index (χ3n) is 2.87. The predicted molar refractivity (Wildman–Crippen MR) is 67.3 cm³/mol. The van der Waals surface area contributed by atoms with E-state index in [1.807, 2.05) is 0 Å². The van der Waals surface area contributed by atoms with Crippen molar-refractivity contribution in [3.63, 3.8) is 0 Å². The molecule has 0 amide bonds. The highest BCUT2D eigenvalue weighted by molar-refractivity contribution is 5.24. The largest absolute Gasteiger partial charge is 0.433 e. The Bertz CT molecular complexity index is 583. The van der Waals surface area contributed by atoms with Gasteiger partial charge in [0.05, 0.1) is 12.1 Å². The molecule has 0 radical (unpaired) electrons. The molecule has 1 aromatic heterocycles. The molecule has 0 aliphatic rings. The van der Waals surface area contributed by atoms with Crippen LogP contribution in [0.5, 0.6) is 0 Å². The highest BCUT2D eigenvalue weighted by atomic mass is 19.1. The maximum absolute atomic E-state index is 13.6. The highest BCUT2D eigenvalue weighted by Gasteiger charge is 2.19. The molecule has 0 aliphatic carbocycles. The van der Waals surface area contributed by atoms with Crippen molar-refractivity contribution in [1.29, 1.82) is 0 Å². The summed E-state index contributed by atoms with van der Waals surface area (Å²) >= 11 is 0. The maximum atomic E-state index is 13.6. The molecule has 1 unspecified atom stereocenters. The number of likely N-dealkylation sites (N-methyl/N-ethyl adjacent to an activating group) is 1. The van der Waals surface area contributed by atoms with Crippen LogP contribution in [0, 0.1) is 15.9 Å². The third-order valence-corrected chi connectivity index (χ3v) is 2.87. The molecule has 2 aromatic rings. The van der Waals surface area contributed by atoms with Crippen LogP contribution in [0.25, 0.3) is 0 Å². The van der Waals surface area contributed by atoms with Gasteiger partial charge in [0, 0.05) is 0 Å². The molecule has 1 aromatic carbocycles. The van der Waals surface area contributed by atoms with E-state index in [1.54, 1.807) is 25.2 Å². The fourth-order valence-electron chi connectivity index (χ4n) is 1.86. The average molecular weight is 264 g/mol. The molecule has 0 fully saturated rings. The second-order valence-corrected chi connectivity index (χ2v) is 4.07. The van der Waals surface area contributed by atoms with Crippen molar-refractivity contribution in [2.24, 2.45) is 0 Å². The van der Waals surface area contributed by atoms with E-state index in [9.17, 15) is 14.5 Å². The third kappa shape index (κ3) is 2.97. The average Bonchev–Trinajstić information content (AvgIpc) is 2.87. The van der Waals surface area contributed by atoms with Crippen LogP contribution < -0.4 is 5.32 Å². The molecule has 1 heterocycles. The van der Waals surface area contributed by atoms with Gasteiger partial charge in [-0.15, -0.1) is 0 Å². The van der Waals surface area contributed by atoms with Crippen molar-refractivity contribution in [2.45, 2.75) is 12.5 Å². The van der Waals surface area contributed by atoms with Crippen LogP contribution in [0.2, 0.25) is 0 Å². The first-order chi connectivity index (χ1) is 9.11. The van der Waals surface area contributed by atoms with Crippen LogP contribution in [0.15, 0.2) is 40.8 Å².